The van der Waals surface area contributed by atoms with Crippen LogP contribution in [0.3, 0.4) is 0 Å². The smallest absolute Gasteiger partial charge is 0.232 e. The fraction of sp³-hybridized carbons (Fsp3) is 0.300. The lowest BCUT2D eigenvalue weighted by Crippen LogP contribution is -2.32. The summed E-state index contributed by atoms with van der Waals surface area (Å²) in [6, 6.07) is 15.3. The molecule has 1 aromatic heterocycles. The number of carbonyl (C=O) groups is 1. The quantitative estimate of drug-likeness (QED) is 0.402. The van der Waals surface area contributed by atoms with Crippen molar-refractivity contribution in [3.63, 3.8) is 0 Å². The monoisotopic (exact) mass is 491 g/mol. The molecule has 0 radical (unpaired) electrons. The Bertz CT molecular complexity index is 950. The molecular weight excluding hydrogens is 470 g/mol. The van der Waals surface area contributed by atoms with E-state index in [-0.39, 0.29) is 11.7 Å². The first kappa shape index (κ1) is 22.1. The molecule has 0 bridgehead atoms. The van der Waals surface area contributed by atoms with Gasteiger partial charge in [0.25, 0.3) is 0 Å². The average Bonchev–Trinajstić information content (AvgIpc) is 3.20. The predicted octanol–water partition coefficient (Wildman–Crippen LogP) is 3.12. The molecule has 3 aromatic rings. The van der Waals surface area contributed by atoms with E-state index in [2.05, 4.69) is 31.5 Å². The van der Waals surface area contributed by atoms with Gasteiger partial charge >= 0.3 is 0 Å². The molecule has 0 aliphatic rings. The van der Waals surface area contributed by atoms with Crippen LogP contribution in [0, 0.1) is 0 Å². The summed E-state index contributed by atoms with van der Waals surface area (Å²) in [6.45, 7) is 1.43. The van der Waals surface area contributed by atoms with Crippen LogP contribution < -0.4 is 9.47 Å². The van der Waals surface area contributed by atoms with E-state index >= 15 is 0 Å². The number of aromatic nitrogens is 4. The van der Waals surface area contributed by atoms with Crippen LogP contribution in [0.4, 0.5) is 0 Å². The van der Waals surface area contributed by atoms with E-state index in [4.69, 9.17) is 9.47 Å². The van der Waals surface area contributed by atoms with Crippen LogP contribution in [0.2, 0.25) is 0 Å². The first-order valence-electron chi connectivity index (χ1n) is 9.19. The lowest BCUT2D eigenvalue weighted by molar-refractivity contribution is -0.127. The number of benzene rings is 2. The summed E-state index contributed by atoms with van der Waals surface area (Å²) in [4.78, 5) is 14.1. The summed E-state index contributed by atoms with van der Waals surface area (Å²) in [5.41, 5.74) is 1.04. The van der Waals surface area contributed by atoms with Crippen molar-refractivity contribution in [2.75, 3.05) is 33.1 Å². The van der Waals surface area contributed by atoms with Crippen LogP contribution in [-0.4, -0.2) is 64.1 Å². The lowest BCUT2D eigenvalue weighted by atomic mass is 10.2. The highest BCUT2D eigenvalue weighted by atomic mass is 79.9. The molecule has 2 aromatic carbocycles. The summed E-state index contributed by atoms with van der Waals surface area (Å²) in [7, 11) is 3.39. The number of thioether (sulfide) groups is 1. The third-order valence-electron chi connectivity index (χ3n) is 4.25. The van der Waals surface area contributed by atoms with Gasteiger partial charge in [-0.05, 0) is 52.4 Å². The number of rotatable bonds is 10. The Hall–Kier alpha value is -2.59. The van der Waals surface area contributed by atoms with Gasteiger partial charge in [0.05, 0.1) is 26.0 Å². The van der Waals surface area contributed by atoms with E-state index < -0.39 is 0 Å². The number of halogens is 1. The van der Waals surface area contributed by atoms with Crippen molar-refractivity contribution in [3.05, 3.63) is 58.6 Å². The van der Waals surface area contributed by atoms with Gasteiger partial charge in [0.15, 0.2) is 0 Å². The molecule has 10 heteroatoms. The summed E-state index contributed by atoms with van der Waals surface area (Å²) >= 11 is 4.70. The topological polar surface area (TPSA) is 82.4 Å². The molecule has 1 amide bonds. The highest BCUT2D eigenvalue weighted by molar-refractivity contribution is 9.10. The fourth-order valence-electron chi connectivity index (χ4n) is 2.50. The van der Waals surface area contributed by atoms with Crippen molar-refractivity contribution < 1.29 is 14.3 Å². The molecule has 1 heterocycles. The van der Waals surface area contributed by atoms with E-state index in [1.54, 1.807) is 23.7 Å². The molecule has 0 saturated heterocycles. The zero-order chi connectivity index (χ0) is 21.3. The van der Waals surface area contributed by atoms with Crippen molar-refractivity contribution in [1.82, 2.24) is 25.1 Å². The summed E-state index contributed by atoms with van der Waals surface area (Å²) in [5, 5.41) is 12.4. The Labute approximate surface area is 187 Å². The number of methoxy groups -OCH3 is 1. The van der Waals surface area contributed by atoms with Gasteiger partial charge in [-0.2, -0.15) is 0 Å². The van der Waals surface area contributed by atoms with Crippen LogP contribution in [0.1, 0.15) is 5.56 Å². The molecule has 0 aliphatic heterocycles. The number of carbonyl (C=O) groups excluding carboxylic acids is 1. The minimum atomic E-state index is -0.0154. The largest absolute Gasteiger partial charge is 0.497 e. The van der Waals surface area contributed by atoms with Gasteiger partial charge in [-0.1, -0.05) is 39.8 Å². The normalized spacial score (nSPS) is 10.6. The van der Waals surface area contributed by atoms with Gasteiger partial charge in [0.1, 0.15) is 18.1 Å². The predicted molar refractivity (Wildman–Crippen MR) is 118 cm³/mol. The first-order chi connectivity index (χ1) is 14.5. The van der Waals surface area contributed by atoms with Crippen molar-refractivity contribution in [2.45, 2.75) is 11.7 Å². The van der Waals surface area contributed by atoms with Crippen LogP contribution in [-0.2, 0) is 11.3 Å². The zero-order valence-corrected chi connectivity index (χ0v) is 19.1. The molecule has 0 fully saturated rings. The van der Waals surface area contributed by atoms with Crippen molar-refractivity contribution in [3.8, 4) is 11.5 Å². The Morgan fingerprint density at radius 3 is 2.53 bits per heavy atom. The minimum absolute atomic E-state index is 0.0154. The number of likely N-dealkylation sites (N-methyl/N-ethyl adjacent to an activating group) is 1. The molecule has 0 atom stereocenters. The van der Waals surface area contributed by atoms with Gasteiger partial charge in [0.2, 0.25) is 11.1 Å². The maximum atomic E-state index is 12.4. The van der Waals surface area contributed by atoms with Crippen molar-refractivity contribution in [1.29, 1.82) is 0 Å². The number of hydrogen-bond acceptors (Lipinski definition) is 7. The molecule has 0 N–H and O–H groups in total. The second-order valence-electron chi connectivity index (χ2n) is 6.37. The second kappa shape index (κ2) is 11.0. The fourth-order valence-corrected chi connectivity index (χ4v) is 3.58. The van der Waals surface area contributed by atoms with Gasteiger partial charge < -0.3 is 14.4 Å². The molecule has 30 heavy (non-hydrogen) atoms. The number of nitrogens with zero attached hydrogens (tertiary/aromatic N) is 5. The van der Waals surface area contributed by atoms with Crippen LogP contribution in [0.25, 0.3) is 0 Å². The van der Waals surface area contributed by atoms with E-state index in [1.165, 1.54) is 11.8 Å². The third-order valence-corrected chi connectivity index (χ3v) is 5.72. The Morgan fingerprint density at radius 2 is 1.83 bits per heavy atom. The van der Waals surface area contributed by atoms with E-state index in [1.807, 2.05) is 48.5 Å². The van der Waals surface area contributed by atoms with E-state index in [0.717, 1.165) is 21.5 Å². The lowest BCUT2D eigenvalue weighted by Gasteiger charge is -2.17. The molecule has 158 valence electrons. The number of ether oxygens (including phenoxy) is 2. The highest BCUT2D eigenvalue weighted by Gasteiger charge is 2.14. The second-order valence-corrected chi connectivity index (χ2v) is 8.23. The summed E-state index contributed by atoms with van der Waals surface area (Å²) in [6.07, 6.45) is 0. The SMILES string of the molecule is COc1ccc(Cn2nnnc2SCC(=O)N(C)CCOc2ccc(Br)cc2)cc1. The molecule has 0 saturated carbocycles. The number of tetrazole rings is 1. The summed E-state index contributed by atoms with van der Waals surface area (Å²) < 4.78 is 13.5. The molecule has 3 rings (SSSR count). The number of hydrogen-bond donors (Lipinski definition) is 0. The maximum Gasteiger partial charge on any atom is 0.232 e. The number of amides is 1. The van der Waals surface area contributed by atoms with Gasteiger partial charge in [-0.25, -0.2) is 4.68 Å². The van der Waals surface area contributed by atoms with Gasteiger partial charge in [-0.3, -0.25) is 4.79 Å². The van der Waals surface area contributed by atoms with Crippen molar-refractivity contribution >= 4 is 33.6 Å². The Balaban J connectivity index is 1.44. The van der Waals surface area contributed by atoms with Crippen molar-refractivity contribution in [2.24, 2.45) is 0 Å². The van der Waals surface area contributed by atoms with Gasteiger partial charge in [0, 0.05) is 11.5 Å². The van der Waals surface area contributed by atoms with Gasteiger partial charge in [-0.15, -0.1) is 5.10 Å². The molecular formula is C20H22BrN5O3S. The van der Waals surface area contributed by atoms with E-state index in [0.29, 0.717) is 24.9 Å². The third kappa shape index (κ3) is 6.46. The Kier molecular flexibility index (Phi) is 8.09. The van der Waals surface area contributed by atoms with Crippen LogP contribution in [0.15, 0.2) is 58.2 Å². The standard InChI is InChI=1S/C20H22BrN5O3S/c1-25(11-12-29-18-9-5-16(21)6-10-18)19(27)14-30-20-22-23-24-26(20)13-15-3-7-17(28-2)8-4-15/h3-10H,11-14H2,1-2H3. The highest BCUT2D eigenvalue weighted by Crippen LogP contribution is 2.18. The average molecular weight is 492 g/mol. The van der Waals surface area contributed by atoms with Crippen LogP contribution in [0.5, 0.6) is 11.5 Å². The molecule has 8 nitrogen and oxygen atoms in total. The minimum Gasteiger partial charge on any atom is -0.497 e. The molecule has 0 unspecified atom stereocenters. The van der Waals surface area contributed by atoms with Crippen LogP contribution >= 0.6 is 27.7 Å². The zero-order valence-electron chi connectivity index (χ0n) is 16.7. The molecule has 0 aliphatic carbocycles. The molecule has 0 spiro atoms. The maximum absolute atomic E-state index is 12.4. The first-order valence-corrected chi connectivity index (χ1v) is 11.0. The summed E-state index contributed by atoms with van der Waals surface area (Å²) in [5.74, 6) is 1.80. The Morgan fingerprint density at radius 1 is 1.13 bits per heavy atom. The van der Waals surface area contributed by atoms with E-state index in [9.17, 15) is 4.79 Å².